The van der Waals surface area contributed by atoms with E-state index >= 15 is 0 Å². The van der Waals surface area contributed by atoms with Crippen LogP contribution in [0, 0.1) is 5.82 Å². The Morgan fingerprint density at radius 2 is 1.63 bits per heavy atom. The van der Waals surface area contributed by atoms with Crippen molar-refractivity contribution in [3.63, 3.8) is 0 Å². The van der Waals surface area contributed by atoms with Gasteiger partial charge in [-0.25, -0.2) is 19.3 Å². The lowest BCUT2D eigenvalue weighted by atomic mass is 10.1. The van der Waals surface area contributed by atoms with Crippen LogP contribution in [-0.2, 0) is 12.4 Å². The molecule has 1 aromatic carbocycles. The molecule has 0 fully saturated rings. The Labute approximate surface area is 154 Å². The molecule has 4 nitrogen and oxygen atoms in total. The molecule has 0 unspecified atom stereocenters. The monoisotopic (exact) mass is 454 g/mol. The Balaban J connectivity index is 2.16. The molecule has 27 heavy (non-hydrogen) atoms. The lowest BCUT2D eigenvalue weighted by Crippen LogP contribution is -2.12. The van der Waals surface area contributed by atoms with E-state index in [0.29, 0.717) is 22.8 Å². The molecule has 3 aromatic rings. The number of benzene rings is 1. The SMILES string of the molecule is Fc1cc(-c2cc(C(F)(F)F)nc(-n3cnc(Br)c3)n2)ccc1C(F)(F)F. The largest absolute Gasteiger partial charge is 0.433 e. The minimum absolute atomic E-state index is 0.270. The minimum atomic E-state index is -4.93. The quantitative estimate of drug-likeness (QED) is 0.495. The summed E-state index contributed by atoms with van der Waals surface area (Å²) in [6.45, 7) is 0. The smallest absolute Gasteiger partial charge is 0.273 e. The fraction of sp³-hybridized carbons (Fsp3) is 0.133. The van der Waals surface area contributed by atoms with E-state index in [0.717, 1.165) is 17.0 Å². The van der Waals surface area contributed by atoms with Crippen LogP contribution >= 0.6 is 15.9 Å². The van der Waals surface area contributed by atoms with Crippen LogP contribution in [0.4, 0.5) is 30.7 Å². The average molecular weight is 455 g/mol. The molecule has 0 atom stereocenters. The molecule has 0 amide bonds. The van der Waals surface area contributed by atoms with E-state index in [1.165, 1.54) is 6.20 Å². The fourth-order valence-electron chi connectivity index (χ4n) is 2.16. The maximum atomic E-state index is 13.8. The molecular weight excluding hydrogens is 449 g/mol. The van der Waals surface area contributed by atoms with Crippen molar-refractivity contribution in [1.29, 1.82) is 0 Å². The van der Waals surface area contributed by atoms with Gasteiger partial charge < -0.3 is 0 Å². The van der Waals surface area contributed by atoms with Gasteiger partial charge in [0.15, 0.2) is 5.69 Å². The van der Waals surface area contributed by atoms with Gasteiger partial charge in [-0.05, 0) is 34.1 Å². The molecule has 0 N–H and O–H groups in total. The van der Waals surface area contributed by atoms with E-state index in [9.17, 15) is 30.7 Å². The number of hydrogen-bond donors (Lipinski definition) is 0. The molecule has 0 aliphatic rings. The van der Waals surface area contributed by atoms with Crippen LogP contribution in [0.3, 0.4) is 0 Å². The van der Waals surface area contributed by atoms with Gasteiger partial charge in [0.25, 0.3) is 0 Å². The predicted molar refractivity (Wildman–Crippen MR) is 82.3 cm³/mol. The van der Waals surface area contributed by atoms with Gasteiger partial charge in [-0.1, -0.05) is 6.07 Å². The van der Waals surface area contributed by atoms with Crippen LogP contribution in [0.25, 0.3) is 17.2 Å². The van der Waals surface area contributed by atoms with Crippen LogP contribution in [-0.4, -0.2) is 19.5 Å². The summed E-state index contributed by atoms with van der Waals surface area (Å²) in [6, 6.07) is 2.27. The van der Waals surface area contributed by atoms with E-state index in [-0.39, 0.29) is 5.56 Å². The van der Waals surface area contributed by atoms with Gasteiger partial charge in [0.1, 0.15) is 16.7 Å². The van der Waals surface area contributed by atoms with Crippen LogP contribution < -0.4 is 0 Å². The van der Waals surface area contributed by atoms with E-state index < -0.39 is 41.1 Å². The number of hydrogen-bond acceptors (Lipinski definition) is 3. The molecule has 142 valence electrons. The van der Waals surface area contributed by atoms with Gasteiger partial charge in [-0.3, -0.25) is 4.57 Å². The molecule has 0 spiro atoms. The lowest BCUT2D eigenvalue weighted by Gasteiger charge is -2.12. The van der Waals surface area contributed by atoms with Gasteiger partial charge in [0.05, 0.1) is 11.3 Å². The first-order valence-corrected chi connectivity index (χ1v) is 7.78. The molecule has 12 heteroatoms. The summed E-state index contributed by atoms with van der Waals surface area (Å²) in [7, 11) is 0. The number of nitrogens with zero attached hydrogens (tertiary/aromatic N) is 4. The third-order valence-corrected chi connectivity index (χ3v) is 3.77. The van der Waals surface area contributed by atoms with Crippen molar-refractivity contribution in [3.05, 3.63) is 58.5 Å². The van der Waals surface area contributed by atoms with Crippen LogP contribution in [0.5, 0.6) is 0 Å². The van der Waals surface area contributed by atoms with Crippen molar-refractivity contribution in [1.82, 2.24) is 19.5 Å². The molecule has 0 bridgehead atoms. The summed E-state index contributed by atoms with van der Waals surface area (Å²) >= 11 is 3.02. The van der Waals surface area contributed by atoms with Gasteiger partial charge in [-0.15, -0.1) is 0 Å². The van der Waals surface area contributed by atoms with Crippen molar-refractivity contribution in [3.8, 4) is 17.2 Å². The summed E-state index contributed by atoms with van der Waals surface area (Å²) < 4.78 is 92.6. The number of imidazole rings is 1. The van der Waals surface area contributed by atoms with E-state index in [1.807, 2.05) is 0 Å². The summed E-state index contributed by atoms with van der Waals surface area (Å²) in [5.41, 5.74) is -3.54. The first kappa shape index (κ1) is 19.3. The molecule has 0 aliphatic carbocycles. The zero-order valence-electron chi connectivity index (χ0n) is 12.8. The highest BCUT2D eigenvalue weighted by molar-refractivity contribution is 9.10. The highest BCUT2D eigenvalue weighted by Crippen LogP contribution is 2.35. The van der Waals surface area contributed by atoms with Gasteiger partial charge in [0, 0.05) is 11.8 Å². The second kappa shape index (κ2) is 6.59. The second-order valence-electron chi connectivity index (χ2n) is 5.23. The molecule has 0 saturated carbocycles. The zero-order valence-corrected chi connectivity index (χ0v) is 14.4. The topological polar surface area (TPSA) is 43.6 Å². The maximum Gasteiger partial charge on any atom is 0.433 e. The van der Waals surface area contributed by atoms with Crippen LogP contribution in [0.1, 0.15) is 11.3 Å². The number of halogens is 8. The number of aromatic nitrogens is 4. The predicted octanol–water partition coefficient (Wildman–Crippen LogP) is 5.27. The molecule has 0 aliphatic heterocycles. The van der Waals surface area contributed by atoms with E-state index in [4.69, 9.17) is 0 Å². The second-order valence-corrected chi connectivity index (χ2v) is 6.04. The van der Waals surface area contributed by atoms with Gasteiger partial charge in [-0.2, -0.15) is 26.3 Å². The van der Waals surface area contributed by atoms with Crippen molar-refractivity contribution in [2.45, 2.75) is 12.4 Å². The Hall–Kier alpha value is -2.50. The minimum Gasteiger partial charge on any atom is -0.273 e. The summed E-state index contributed by atoms with van der Waals surface area (Å²) in [6.07, 6.45) is -7.36. The Bertz CT molecular complexity index is 995. The van der Waals surface area contributed by atoms with Gasteiger partial charge in [0.2, 0.25) is 5.95 Å². The van der Waals surface area contributed by atoms with Crippen LogP contribution in [0.15, 0.2) is 41.4 Å². The highest BCUT2D eigenvalue weighted by atomic mass is 79.9. The van der Waals surface area contributed by atoms with Crippen molar-refractivity contribution in [2.75, 3.05) is 0 Å². The third kappa shape index (κ3) is 4.10. The molecule has 2 heterocycles. The van der Waals surface area contributed by atoms with Crippen molar-refractivity contribution >= 4 is 15.9 Å². The first-order chi connectivity index (χ1) is 12.4. The Kier molecular flexibility index (Phi) is 4.70. The molecule has 0 saturated heterocycles. The van der Waals surface area contributed by atoms with Crippen molar-refractivity contribution < 1.29 is 30.7 Å². The highest BCUT2D eigenvalue weighted by Gasteiger charge is 2.35. The molecular formula is C15H6BrF7N4. The summed E-state index contributed by atoms with van der Waals surface area (Å²) in [5, 5.41) is 0. The Morgan fingerprint density at radius 3 is 2.15 bits per heavy atom. The number of alkyl halides is 6. The van der Waals surface area contributed by atoms with Crippen LogP contribution in [0.2, 0.25) is 0 Å². The maximum absolute atomic E-state index is 13.8. The molecule has 2 aromatic heterocycles. The summed E-state index contributed by atoms with van der Waals surface area (Å²) in [5.74, 6) is -2.06. The summed E-state index contributed by atoms with van der Waals surface area (Å²) in [4.78, 5) is 11.0. The standard InChI is InChI=1S/C15H6BrF7N4/c16-12-5-27(6-24-12)13-25-10(4-11(26-13)15(21,22)23)7-1-2-8(9(17)3-7)14(18,19)20/h1-6H. The third-order valence-electron chi connectivity index (χ3n) is 3.36. The lowest BCUT2D eigenvalue weighted by molar-refractivity contribution is -0.141. The molecule has 3 rings (SSSR count). The van der Waals surface area contributed by atoms with Gasteiger partial charge >= 0.3 is 12.4 Å². The zero-order chi connectivity index (χ0) is 20.0. The fourth-order valence-corrected chi connectivity index (χ4v) is 2.47. The Morgan fingerprint density at radius 1 is 0.926 bits per heavy atom. The van der Waals surface area contributed by atoms with E-state index in [2.05, 4.69) is 30.9 Å². The average Bonchev–Trinajstić information content (AvgIpc) is 2.99. The van der Waals surface area contributed by atoms with E-state index in [1.54, 1.807) is 0 Å². The number of rotatable bonds is 2. The first-order valence-electron chi connectivity index (χ1n) is 6.98. The van der Waals surface area contributed by atoms with Crippen molar-refractivity contribution in [2.24, 2.45) is 0 Å². The molecule has 0 radical (unpaired) electrons. The normalized spacial score (nSPS) is 12.4.